The predicted molar refractivity (Wildman–Crippen MR) is 113 cm³/mol. The van der Waals surface area contributed by atoms with Crippen LogP contribution in [0, 0.1) is 13.8 Å². The Morgan fingerprint density at radius 3 is 2.45 bits per heavy atom. The van der Waals surface area contributed by atoms with Crippen molar-refractivity contribution < 1.29 is 13.9 Å². The number of oxazole rings is 1. The van der Waals surface area contributed by atoms with Gasteiger partial charge in [-0.25, -0.2) is 4.98 Å². The minimum atomic E-state index is -0.163. The Labute approximate surface area is 169 Å². The lowest BCUT2D eigenvalue weighted by atomic mass is 10.1. The van der Waals surface area contributed by atoms with Gasteiger partial charge in [0.05, 0.1) is 0 Å². The van der Waals surface area contributed by atoms with E-state index in [4.69, 9.17) is 9.15 Å². The second kappa shape index (κ2) is 8.19. The van der Waals surface area contributed by atoms with Crippen LogP contribution in [-0.2, 0) is 11.3 Å². The summed E-state index contributed by atoms with van der Waals surface area (Å²) in [6.45, 7) is 4.45. The first-order valence-electron chi connectivity index (χ1n) is 9.49. The molecule has 0 fully saturated rings. The third-order valence-electron chi connectivity index (χ3n) is 4.63. The summed E-state index contributed by atoms with van der Waals surface area (Å²) in [6.07, 6.45) is 0. The van der Waals surface area contributed by atoms with Gasteiger partial charge in [-0.05, 0) is 61.4 Å². The summed E-state index contributed by atoms with van der Waals surface area (Å²) in [5.41, 5.74) is 5.80. The van der Waals surface area contributed by atoms with Crippen molar-refractivity contribution in [2.24, 2.45) is 0 Å². The van der Waals surface area contributed by atoms with E-state index in [2.05, 4.69) is 10.3 Å². The fourth-order valence-electron chi connectivity index (χ4n) is 2.96. The third-order valence-corrected chi connectivity index (χ3v) is 4.63. The second-order valence-electron chi connectivity index (χ2n) is 7.07. The van der Waals surface area contributed by atoms with Crippen LogP contribution in [0.15, 0.2) is 71.1 Å². The number of amides is 1. The molecular weight excluding hydrogens is 364 g/mol. The highest BCUT2D eigenvalue weighted by Crippen LogP contribution is 2.25. The zero-order valence-corrected chi connectivity index (χ0v) is 16.4. The van der Waals surface area contributed by atoms with Gasteiger partial charge in [-0.2, -0.15) is 0 Å². The number of ether oxygens (including phenoxy) is 1. The van der Waals surface area contributed by atoms with Crippen molar-refractivity contribution in [2.45, 2.75) is 20.4 Å². The van der Waals surface area contributed by atoms with Gasteiger partial charge in [0.15, 0.2) is 12.2 Å². The quantitative estimate of drug-likeness (QED) is 0.517. The van der Waals surface area contributed by atoms with Crippen LogP contribution in [0.25, 0.3) is 22.6 Å². The Hall–Kier alpha value is -3.60. The van der Waals surface area contributed by atoms with Gasteiger partial charge in [-0.1, -0.05) is 35.9 Å². The van der Waals surface area contributed by atoms with Crippen molar-refractivity contribution in [2.75, 3.05) is 6.61 Å². The number of fused-ring (bicyclic) bond motifs is 1. The summed E-state index contributed by atoms with van der Waals surface area (Å²) >= 11 is 0. The highest BCUT2D eigenvalue weighted by atomic mass is 16.5. The predicted octanol–water partition coefficient (Wildman–Crippen LogP) is 4.81. The summed E-state index contributed by atoms with van der Waals surface area (Å²) in [7, 11) is 0. The lowest BCUT2D eigenvalue weighted by molar-refractivity contribution is -0.123. The first-order valence-corrected chi connectivity index (χ1v) is 9.49. The maximum absolute atomic E-state index is 12.0. The molecule has 0 saturated heterocycles. The molecule has 0 aliphatic carbocycles. The smallest absolute Gasteiger partial charge is 0.258 e. The second-order valence-corrected chi connectivity index (χ2v) is 7.07. The van der Waals surface area contributed by atoms with E-state index in [9.17, 15) is 4.79 Å². The molecule has 0 aliphatic rings. The molecule has 0 saturated carbocycles. The van der Waals surface area contributed by atoms with Gasteiger partial charge in [-0.15, -0.1) is 0 Å². The summed E-state index contributed by atoms with van der Waals surface area (Å²) in [5, 5.41) is 2.86. The molecule has 4 rings (SSSR count). The van der Waals surface area contributed by atoms with Crippen LogP contribution in [0.1, 0.15) is 16.7 Å². The van der Waals surface area contributed by atoms with Crippen LogP contribution in [0.2, 0.25) is 0 Å². The Kier molecular flexibility index (Phi) is 5.29. The Bertz CT molecular complexity index is 1130. The van der Waals surface area contributed by atoms with Gasteiger partial charge < -0.3 is 14.5 Å². The average molecular weight is 386 g/mol. The summed E-state index contributed by atoms with van der Waals surface area (Å²) in [4.78, 5) is 16.5. The largest absolute Gasteiger partial charge is 0.484 e. The number of aryl methyl sites for hydroxylation is 2. The topological polar surface area (TPSA) is 64.4 Å². The van der Waals surface area contributed by atoms with Crippen molar-refractivity contribution in [1.82, 2.24) is 10.3 Å². The fourth-order valence-corrected chi connectivity index (χ4v) is 2.96. The zero-order chi connectivity index (χ0) is 20.2. The molecule has 0 atom stereocenters. The van der Waals surface area contributed by atoms with Crippen molar-refractivity contribution in [3.8, 4) is 17.2 Å². The van der Waals surface area contributed by atoms with Gasteiger partial charge in [0.1, 0.15) is 11.3 Å². The van der Waals surface area contributed by atoms with E-state index in [1.165, 1.54) is 0 Å². The summed E-state index contributed by atoms with van der Waals surface area (Å²) in [5.74, 6) is 1.11. The molecule has 3 aromatic carbocycles. The highest BCUT2D eigenvalue weighted by Gasteiger charge is 2.09. The van der Waals surface area contributed by atoms with Crippen LogP contribution >= 0.6 is 0 Å². The molecule has 146 valence electrons. The van der Waals surface area contributed by atoms with Crippen molar-refractivity contribution in [3.63, 3.8) is 0 Å². The molecule has 5 heteroatoms. The highest BCUT2D eigenvalue weighted by molar-refractivity contribution is 5.78. The van der Waals surface area contributed by atoms with E-state index in [1.807, 2.05) is 80.6 Å². The molecule has 0 bridgehead atoms. The van der Waals surface area contributed by atoms with E-state index >= 15 is 0 Å². The molecule has 0 unspecified atom stereocenters. The number of hydrogen-bond acceptors (Lipinski definition) is 4. The maximum Gasteiger partial charge on any atom is 0.258 e. The number of hydrogen-bond donors (Lipinski definition) is 1. The van der Waals surface area contributed by atoms with Crippen LogP contribution in [-0.4, -0.2) is 17.5 Å². The molecule has 1 aromatic heterocycles. The van der Waals surface area contributed by atoms with Crippen molar-refractivity contribution in [1.29, 1.82) is 0 Å². The molecule has 1 N–H and O–H groups in total. The van der Waals surface area contributed by atoms with E-state index in [0.717, 1.165) is 33.4 Å². The number of benzene rings is 3. The number of rotatable bonds is 6. The number of nitrogens with zero attached hydrogens (tertiary/aromatic N) is 1. The molecule has 1 amide bonds. The molecule has 29 heavy (non-hydrogen) atoms. The minimum absolute atomic E-state index is 0.0105. The van der Waals surface area contributed by atoms with E-state index in [-0.39, 0.29) is 12.5 Å². The van der Waals surface area contributed by atoms with E-state index in [1.54, 1.807) is 0 Å². The summed E-state index contributed by atoms with van der Waals surface area (Å²) < 4.78 is 11.3. The number of carbonyl (C=O) groups excluding carboxylic acids is 1. The zero-order valence-electron chi connectivity index (χ0n) is 16.4. The first kappa shape index (κ1) is 18.7. The number of carbonyl (C=O) groups is 1. The SMILES string of the molecule is Cc1ccc(OCC(=O)NCc2ccc(-c3nc4ccc(C)cc4o3)cc2)cc1. The molecule has 0 aliphatic heterocycles. The Morgan fingerprint density at radius 1 is 0.966 bits per heavy atom. The van der Waals surface area contributed by atoms with Crippen LogP contribution in [0.5, 0.6) is 5.75 Å². The molecule has 1 heterocycles. The van der Waals surface area contributed by atoms with Gasteiger partial charge in [0.2, 0.25) is 5.89 Å². The van der Waals surface area contributed by atoms with Gasteiger partial charge in [0, 0.05) is 12.1 Å². The van der Waals surface area contributed by atoms with Gasteiger partial charge in [-0.3, -0.25) is 4.79 Å². The van der Waals surface area contributed by atoms with Crippen molar-refractivity contribution in [3.05, 3.63) is 83.4 Å². The lowest BCUT2D eigenvalue weighted by Gasteiger charge is -2.08. The number of aromatic nitrogens is 1. The van der Waals surface area contributed by atoms with E-state index < -0.39 is 0 Å². The first-order chi connectivity index (χ1) is 14.1. The Morgan fingerprint density at radius 2 is 1.69 bits per heavy atom. The third kappa shape index (κ3) is 4.63. The van der Waals surface area contributed by atoms with E-state index in [0.29, 0.717) is 18.2 Å². The number of nitrogens with one attached hydrogen (secondary N) is 1. The molecule has 0 radical (unpaired) electrons. The molecule has 4 aromatic rings. The summed E-state index contributed by atoms with van der Waals surface area (Å²) in [6, 6.07) is 21.4. The standard InChI is InChI=1S/C24H22N2O3/c1-16-3-10-20(11-4-16)28-15-23(27)25-14-18-6-8-19(9-7-18)24-26-21-12-5-17(2)13-22(21)29-24/h3-13H,14-15H2,1-2H3,(H,25,27). The van der Waals surface area contributed by atoms with Crippen LogP contribution < -0.4 is 10.1 Å². The Balaban J connectivity index is 1.32. The van der Waals surface area contributed by atoms with Crippen LogP contribution in [0.4, 0.5) is 0 Å². The monoisotopic (exact) mass is 386 g/mol. The minimum Gasteiger partial charge on any atom is -0.484 e. The fraction of sp³-hybridized carbons (Fsp3) is 0.167. The van der Waals surface area contributed by atoms with Crippen LogP contribution in [0.3, 0.4) is 0 Å². The van der Waals surface area contributed by atoms with Gasteiger partial charge in [0.25, 0.3) is 5.91 Å². The lowest BCUT2D eigenvalue weighted by Crippen LogP contribution is -2.28. The molecular formula is C24H22N2O3. The molecule has 0 spiro atoms. The average Bonchev–Trinajstić information content (AvgIpc) is 3.15. The van der Waals surface area contributed by atoms with Crippen molar-refractivity contribution >= 4 is 17.0 Å². The normalized spacial score (nSPS) is 10.8. The van der Waals surface area contributed by atoms with Gasteiger partial charge >= 0.3 is 0 Å². The maximum atomic E-state index is 12.0. The molecule has 5 nitrogen and oxygen atoms in total.